The van der Waals surface area contributed by atoms with Crippen LogP contribution in [0.2, 0.25) is 0 Å². The summed E-state index contributed by atoms with van der Waals surface area (Å²) in [5, 5.41) is 0. The lowest BCUT2D eigenvalue weighted by atomic mass is 9.33. The van der Waals surface area contributed by atoms with Crippen LogP contribution < -0.4 is 26.2 Å². The lowest BCUT2D eigenvalue weighted by molar-refractivity contribution is 1.25. The Morgan fingerprint density at radius 1 is 0.253 bits per heavy atom. The average Bonchev–Trinajstić information content (AvgIpc) is 3.58. The molecule has 0 saturated carbocycles. The van der Waals surface area contributed by atoms with E-state index in [1.54, 1.807) is 0 Å². The predicted molar refractivity (Wildman–Crippen MR) is 319 cm³/mol. The van der Waals surface area contributed by atoms with E-state index in [-0.39, 0.29) is 6.71 Å². The Morgan fingerprint density at radius 2 is 0.587 bits per heavy atom. The van der Waals surface area contributed by atoms with Crippen molar-refractivity contribution in [2.45, 2.75) is 0 Å². The Labute approximate surface area is 442 Å². The first kappa shape index (κ1) is 41.9. The number of hydrogen-bond acceptors (Lipinski definition) is 2. The number of benzene rings is 12. The molecule has 14 rings (SSSR count). The van der Waals surface area contributed by atoms with Crippen LogP contribution in [0.4, 0.5) is 34.1 Å². The standard InChI is InChI=1S/C72H49BN2/c1-7-24-50(25-8-1)56-42-57(51-26-9-2-10-27-51)45-61(44-56)74-67-40-21-19-38-65(67)73-66-39-20-22-41-68(66)75(62-46-58(52-28-11-3-12-29-52)43-59(47-62)53-30-13-4-14-31-53)70-49-60(48-69(74)72(70)73)71-63(54-32-15-5-16-33-54)36-23-37-64(71)55-34-17-6-18-35-55/h1-49H/i19D,20D. The molecule has 0 atom stereocenters. The molecule has 2 aliphatic heterocycles. The monoisotopic (exact) mass is 954 g/mol. The van der Waals surface area contributed by atoms with Gasteiger partial charge in [-0.05, 0) is 155 Å². The molecule has 0 saturated heterocycles. The number of para-hydroxylation sites is 2. The molecule has 0 N–H and O–H groups in total. The van der Waals surface area contributed by atoms with E-state index in [4.69, 9.17) is 0 Å². The molecule has 2 heterocycles. The van der Waals surface area contributed by atoms with Crippen LogP contribution in [-0.2, 0) is 0 Å². The molecular weight excluding hydrogens is 904 g/mol. The second kappa shape index (κ2) is 18.7. The number of anilines is 6. The Morgan fingerprint density at radius 3 is 0.933 bits per heavy atom. The SMILES string of the molecule is [2H]c1ccc2c(c1)B1c3cc([2H])ccc3N(c3cc(-c4ccccc4)cc(-c4ccccc4)c3)c3cc(-c4c(-c5ccccc5)cccc4-c4ccccc4)cc(c31)N2c1cc(-c2ccccc2)cc(-c2ccccc2)c1. The molecule has 2 aliphatic rings. The molecule has 0 amide bonds. The molecule has 12 aromatic rings. The maximum Gasteiger partial charge on any atom is 0.252 e. The van der Waals surface area contributed by atoms with Crippen LogP contribution in [0.3, 0.4) is 0 Å². The normalized spacial score (nSPS) is 12.6. The van der Waals surface area contributed by atoms with Crippen molar-refractivity contribution in [1.29, 1.82) is 0 Å². The fourth-order valence-electron chi connectivity index (χ4n) is 11.7. The lowest BCUT2D eigenvalue weighted by Gasteiger charge is -2.44. The second-order valence-electron chi connectivity index (χ2n) is 19.5. The summed E-state index contributed by atoms with van der Waals surface area (Å²) in [5.41, 5.74) is 24.9. The third-order valence-electron chi connectivity index (χ3n) is 15.1. The number of rotatable bonds is 9. The van der Waals surface area contributed by atoms with Crippen molar-refractivity contribution in [2.24, 2.45) is 0 Å². The van der Waals surface area contributed by atoms with Gasteiger partial charge in [0.25, 0.3) is 6.71 Å². The van der Waals surface area contributed by atoms with Crippen LogP contribution in [0.1, 0.15) is 2.74 Å². The molecule has 0 unspecified atom stereocenters. The molecule has 75 heavy (non-hydrogen) atoms. The van der Waals surface area contributed by atoms with E-state index in [2.05, 4.69) is 283 Å². The van der Waals surface area contributed by atoms with Gasteiger partial charge in [0.05, 0.1) is 2.74 Å². The van der Waals surface area contributed by atoms with Crippen LogP contribution in [-0.4, -0.2) is 6.71 Å². The molecule has 0 bridgehead atoms. The summed E-state index contributed by atoms with van der Waals surface area (Å²) in [6.07, 6.45) is 0. The zero-order valence-corrected chi connectivity index (χ0v) is 41.1. The van der Waals surface area contributed by atoms with E-state index in [0.717, 1.165) is 128 Å². The summed E-state index contributed by atoms with van der Waals surface area (Å²) >= 11 is 0. The van der Waals surface area contributed by atoms with Crippen LogP contribution in [0.15, 0.2) is 297 Å². The minimum absolute atomic E-state index is 0.308. The van der Waals surface area contributed by atoms with Crippen LogP contribution in [0, 0.1) is 0 Å². The van der Waals surface area contributed by atoms with Gasteiger partial charge in [-0.2, -0.15) is 0 Å². The summed E-state index contributed by atoms with van der Waals surface area (Å²) in [5.74, 6) is 0. The molecule has 0 spiro atoms. The molecule has 0 aromatic heterocycles. The largest absolute Gasteiger partial charge is 0.311 e. The van der Waals surface area contributed by atoms with Gasteiger partial charge in [0.1, 0.15) is 0 Å². The van der Waals surface area contributed by atoms with E-state index >= 15 is 0 Å². The van der Waals surface area contributed by atoms with Crippen molar-refractivity contribution in [2.75, 3.05) is 9.80 Å². The van der Waals surface area contributed by atoms with Gasteiger partial charge in [0.2, 0.25) is 0 Å². The first-order chi connectivity index (χ1) is 38.0. The maximum absolute atomic E-state index is 9.32. The molecule has 0 aliphatic carbocycles. The minimum Gasteiger partial charge on any atom is -0.311 e. The fraction of sp³-hybridized carbons (Fsp3) is 0. The molecule has 0 fully saturated rings. The molecule has 12 aromatic carbocycles. The lowest BCUT2D eigenvalue weighted by Crippen LogP contribution is -2.61. The first-order valence-electron chi connectivity index (χ1n) is 26.8. The fourth-order valence-corrected chi connectivity index (χ4v) is 11.7. The van der Waals surface area contributed by atoms with E-state index in [9.17, 15) is 2.74 Å². The molecule has 2 nitrogen and oxygen atoms in total. The Kier molecular flexibility index (Phi) is 10.5. The van der Waals surface area contributed by atoms with Gasteiger partial charge in [-0.1, -0.05) is 237 Å². The quantitative estimate of drug-likeness (QED) is 0.133. The zero-order valence-electron chi connectivity index (χ0n) is 43.1. The van der Waals surface area contributed by atoms with E-state index in [1.165, 1.54) is 0 Å². The highest BCUT2D eigenvalue weighted by Crippen LogP contribution is 2.50. The molecule has 3 heteroatoms. The molecule has 0 radical (unpaired) electrons. The van der Waals surface area contributed by atoms with Gasteiger partial charge in [-0.25, -0.2) is 0 Å². The summed E-state index contributed by atoms with van der Waals surface area (Å²) < 4.78 is 18.6. The first-order valence-corrected chi connectivity index (χ1v) is 25.8. The van der Waals surface area contributed by atoms with Crippen molar-refractivity contribution >= 4 is 57.2 Å². The summed E-state index contributed by atoms with van der Waals surface area (Å²) in [4.78, 5) is 4.92. The highest BCUT2D eigenvalue weighted by Gasteiger charge is 2.44. The van der Waals surface area contributed by atoms with Gasteiger partial charge in [0, 0.05) is 34.1 Å². The number of hydrogen-bond donors (Lipinski definition) is 0. The van der Waals surface area contributed by atoms with Crippen molar-refractivity contribution < 1.29 is 2.74 Å². The summed E-state index contributed by atoms with van der Waals surface area (Å²) in [6.45, 7) is -0.308. The average molecular weight is 955 g/mol. The van der Waals surface area contributed by atoms with Crippen molar-refractivity contribution in [3.05, 3.63) is 297 Å². The summed E-state index contributed by atoms with van der Waals surface area (Å²) in [7, 11) is 0. The van der Waals surface area contributed by atoms with Crippen LogP contribution in [0.5, 0.6) is 0 Å². The number of nitrogens with zero attached hydrogens (tertiary/aromatic N) is 2. The van der Waals surface area contributed by atoms with Gasteiger partial charge in [-0.15, -0.1) is 0 Å². The van der Waals surface area contributed by atoms with E-state index < -0.39 is 0 Å². The van der Waals surface area contributed by atoms with Gasteiger partial charge in [0.15, 0.2) is 0 Å². The van der Waals surface area contributed by atoms with Crippen molar-refractivity contribution in [3.8, 4) is 77.9 Å². The Hall–Kier alpha value is -9.70. The van der Waals surface area contributed by atoms with Crippen molar-refractivity contribution in [3.63, 3.8) is 0 Å². The van der Waals surface area contributed by atoms with Gasteiger partial charge < -0.3 is 9.80 Å². The van der Waals surface area contributed by atoms with E-state index in [1.807, 2.05) is 12.1 Å². The van der Waals surface area contributed by atoms with E-state index in [0.29, 0.717) is 12.1 Å². The van der Waals surface area contributed by atoms with Crippen LogP contribution >= 0.6 is 0 Å². The highest BCUT2D eigenvalue weighted by molar-refractivity contribution is 7.00. The molecular formula is C72H49BN2. The third kappa shape index (κ3) is 7.85. The number of fused-ring (bicyclic) bond motifs is 4. The van der Waals surface area contributed by atoms with Crippen LogP contribution in [0.25, 0.3) is 77.9 Å². The topological polar surface area (TPSA) is 6.48 Å². The molecule has 350 valence electrons. The third-order valence-corrected chi connectivity index (χ3v) is 15.1. The predicted octanol–water partition coefficient (Wildman–Crippen LogP) is 17.4. The van der Waals surface area contributed by atoms with Crippen molar-refractivity contribution in [1.82, 2.24) is 0 Å². The zero-order chi connectivity index (χ0) is 51.4. The summed E-state index contributed by atoms with van der Waals surface area (Å²) in [6, 6.07) is 103. The van der Waals surface area contributed by atoms with Gasteiger partial charge in [-0.3, -0.25) is 0 Å². The van der Waals surface area contributed by atoms with Gasteiger partial charge >= 0.3 is 0 Å². The second-order valence-corrected chi connectivity index (χ2v) is 19.5. The Bertz CT molecular complexity index is 3790. The minimum atomic E-state index is -0.308. The Balaban J connectivity index is 1.14. The highest BCUT2D eigenvalue weighted by atomic mass is 15.2. The smallest absolute Gasteiger partial charge is 0.252 e. The maximum atomic E-state index is 9.32.